The first kappa shape index (κ1) is 25.3. The van der Waals surface area contributed by atoms with E-state index >= 15 is 0 Å². The first-order chi connectivity index (χ1) is 17.8. The Kier molecular flexibility index (Phi) is 7.25. The summed E-state index contributed by atoms with van der Waals surface area (Å²) in [6.45, 7) is 0.147. The second-order valence-electron chi connectivity index (χ2n) is 9.29. The Morgan fingerprint density at radius 3 is 2.14 bits per heavy atom. The van der Waals surface area contributed by atoms with Crippen molar-refractivity contribution < 1.29 is 31.9 Å². The van der Waals surface area contributed by atoms with Gasteiger partial charge in [0, 0.05) is 12.8 Å². The Balaban J connectivity index is 1.30. The van der Waals surface area contributed by atoms with Crippen molar-refractivity contribution >= 4 is 15.9 Å². The predicted octanol–water partition coefficient (Wildman–Crippen LogP) is 4.22. The van der Waals surface area contributed by atoms with Crippen molar-refractivity contribution in [1.82, 2.24) is 10.2 Å². The molecule has 0 aromatic heterocycles. The van der Waals surface area contributed by atoms with Crippen molar-refractivity contribution in [2.45, 2.75) is 54.9 Å². The molecule has 8 nitrogen and oxygen atoms in total. The van der Waals surface area contributed by atoms with E-state index < -0.39 is 21.5 Å². The number of nitrogens with one attached hydrogen (secondary N) is 2. The monoisotopic (exact) mass is 526 g/mol. The van der Waals surface area contributed by atoms with Gasteiger partial charge in [-0.25, -0.2) is 18.3 Å². The van der Waals surface area contributed by atoms with Gasteiger partial charge in [-0.2, -0.15) is 4.72 Å². The summed E-state index contributed by atoms with van der Waals surface area (Å²) in [4.78, 5) is 18.8. The molecule has 2 fully saturated rings. The number of hydrogen-bond acceptors (Lipinski definition) is 6. The van der Waals surface area contributed by atoms with Gasteiger partial charge in [0.15, 0.2) is 0 Å². The average molecular weight is 527 g/mol. The highest BCUT2D eigenvalue weighted by molar-refractivity contribution is 7.89. The number of fused-ring (bicyclic) bond motifs is 2. The van der Waals surface area contributed by atoms with Crippen LogP contribution in [-0.4, -0.2) is 32.1 Å². The van der Waals surface area contributed by atoms with Crippen molar-refractivity contribution in [2.75, 3.05) is 0 Å². The summed E-state index contributed by atoms with van der Waals surface area (Å²) in [6, 6.07) is 20.6. The van der Waals surface area contributed by atoms with Gasteiger partial charge in [-0.15, -0.1) is 0 Å². The van der Waals surface area contributed by atoms with Crippen LogP contribution in [0.1, 0.15) is 31.2 Å². The minimum Gasteiger partial charge on any atom is -0.457 e. The van der Waals surface area contributed by atoms with Crippen molar-refractivity contribution in [3.63, 3.8) is 0 Å². The lowest BCUT2D eigenvalue weighted by Crippen LogP contribution is -2.62. The van der Waals surface area contributed by atoms with E-state index in [0.29, 0.717) is 11.5 Å². The van der Waals surface area contributed by atoms with E-state index in [1.54, 1.807) is 0 Å². The molecule has 2 heterocycles. The number of halogens is 1. The molecule has 5 rings (SSSR count). The summed E-state index contributed by atoms with van der Waals surface area (Å²) in [5.41, 5.74) is 1.91. The lowest BCUT2D eigenvalue weighted by atomic mass is 9.87. The molecule has 2 saturated heterocycles. The molecule has 2 aliphatic rings. The molecule has 0 aliphatic carbocycles. The molecule has 37 heavy (non-hydrogen) atoms. The van der Waals surface area contributed by atoms with E-state index in [0.717, 1.165) is 18.4 Å². The van der Waals surface area contributed by atoms with Gasteiger partial charge in [0.2, 0.25) is 10.0 Å². The fourth-order valence-corrected chi connectivity index (χ4v) is 6.14. The third-order valence-electron chi connectivity index (χ3n) is 6.54. The van der Waals surface area contributed by atoms with Crippen LogP contribution in [0.2, 0.25) is 0 Å². The van der Waals surface area contributed by atoms with Gasteiger partial charge in [-0.3, -0.25) is 9.63 Å². The SMILES string of the molecule is O=C(NOCc1ccccc1)C1(NS(=O)(=O)c2ccc(Oc3ccc(F)cc3)cc2)CC2CCC(C1)O2. The fraction of sp³-hybridized carbons (Fsp3) is 0.296. The normalized spacial score (nSPS) is 22.9. The number of sulfonamides is 1. The molecule has 3 aromatic rings. The van der Waals surface area contributed by atoms with Gasteiger partial charge < -0.3 is 9.47 Å². The Morgan fingerprint density at radius 1 is 0.919 bits per heavy atom. The second kappa shape index (κ2) is 10.6. The van der Waals surface area contributed by atoms with Crippen molar-refractivity contribution in [3.05, 3.63) is 90.2 Å². The second-order valence-corrected chi connectivity index (χ2v) is 11.0. The highest BCUT2D eigenvalue weighted by Crippen LogP contribution is 2.39. The molecule has 2 atom stereocenters. The molecule has 0 spiro atoms. The number of amides is 1. The molecule has 2 unspecified atom stereocenters. The number of carbonyl (C=O) groups excluding carboxylic acids is 1. The van der Waals surface area contributed by atoms with Gasteiger partial charge in [-0.05, 0) is 66.9 Å². The van der Waals surface area contributed by atoms with Crippen LogP contribution in [0.4, 0.5) is 4.39 Å². The lowest BCUT2D eigenvalue weighted by molar-refractivity contribution is -0.148. The molecule has 10 heteroatoms. The summed E-state index contributed by atoms with van der Waals surface area (Å²) in [7, 11) is -4.08. The maximum absolute atomic E-state index is 13.4. The molecule has 2 N–H and O–H groups in total. The first-order valence-corrected chi connectivity index (χ1v) is 13.5. The first-order valence-electron chi connectivity index (χ1n) is 12.0. The van der Waals surface area contributed by atoms with Crippen LogP contribution in [0.15, 0.2) is 83.8 Å². The fourth-order valence-electron chi connectivity index (χ4n) is 4.75. The molecular weight excluding hydrogens is 499 g/mol. The van der Waals surface area contributed by atoms with Crippen molar-refractivity contribution in [1.29, 1.82) is 0 Å². The van der Waals surface area contributed by atoms with Crippen LogP contribution in [0.25, 0.3) is 0 Å². The highest BCUT2D eigenvalue weighted by atomic mass is 32.2. The third kappa shape index (κ3) is 5.99. The summed E-state index contributed by atoms with van der Waals surface area (Å²) >= 11 is 0. The largest absolute Gasteiger partial charge is 0.457 e. The topological polar surface area (TPSA) is 103 Å². The van der Waals surface area contributed by atoms with E-state index in [4.69, 9.17) is 14.3 Å². The molecule has 194 valence electrons. The van der Waals surface area contributed by atoms with Crippen LogP contribution in [0.5, 0.6) is 11.5 Å². The predicted molar refractivity (Wildman–Crippen MR) is 132 cm³/mol. The van der Waals surface area contributed by atoms with Crippen LogP contribution in [-0.2, 0) is 31.0 Å². The maximum Gasteiger partial charge on any atom is 0.265 e. The van der Waals surface area contributed by atoms with Crippen LogP contribution in [0.3, 0.4) is 0 Å². The average Bonchev–Trinajstić information content (AvgIpc) is 3.24. The Morgan fingerprint density at radius 2 is 1.51 bits per heavy atom. The molecule has 1 amide bonds. The van der Waals surface area contributed by atoms with E-state index in [-0.39, 0.29) is 42.4 Å². The van der Waals surface area contributed by atoms with Gasteiger partial charge in [0.1, 0.15) is 22.9 Å². The number of hydroxylamine groups is 1. The van der Waals surface area contributed by atoms with E-state index in [1.165, 1.54) is 48.5 Å². The van der Waals surface area contributed by atoms with Gasteiger partial charge >= 0.3 is 0 Å². The van der Waals surface area contributed by atoms with Crippen LogP contribution < -0.4 is 14.9 Å². The number of ether oxygens (including phenoxy) is 2. The standard InChI is InChI=1S/C27H27FN2O6S/c28-20-6-8-21(9-7-20)35-22-12-14-25(15-13-22)37(32,33)30-27(16-23-10-11-24(17-27)36-23)26(31)29-34-18-19-4-2-1-3-5-19/h1-9,12-15,23-24,30H,10-11,16-18H2,(H,29,31). The van der Waals surface area contributed by atoms with Crippen molar-refractivity contribution in [2.24, 2.45) is 0 Å². The minimum atomic E-state index is -4.08. The Hall–Kier alpha value is -3.31. The summed E-state index contributed by atoms with van der Waals surface area (Å²) in [5, 5.41) is 0. The zero-order chi connectivity index (χ0) is 25.9. The highest BCUT2D eigenvalue weighted by Gasteiger charge is 2.52. The van der Waals surface area contributed by atoms with Crippen LogP contribution >= 0.6 is 0 Å². The maximum atomic E-state index is 13.4. The van der Waals surface area contributed by atoms with Crippen LogP contribution in [0, 0.1) is 5.82 Å². The molecule has 3 aromatic carbocycles. The molecule has 2 aliphatic heterocycles. The zero-order valence-corrected chi connectivity index (χ0v) is 20.7. The molecule has 2 bridgehead atoms. The lowest BCUT2D eigenvalue weighted by Gasteiger charge is -2.39. The third-order valence-corrected chi connectivity index (χ3v) is 8.09. The molecule has 0 saturated carbocycles. The Labute approximate surface area is 214 Å². The van der Waals surface area contributed by atoms with Gasteiger partial charge in [0.25, 0.3) is 5.91 Å². The quantitative estimate of drug-likeness (QED) is 0.405. The zero-order valence-electron chi connectivity index (χ0n) is 19.9. The number of benzene rings is 3. The molecule has 0 radical (unpaired) electrons. The van der Waals surface area contributed by atoms with E-state index in [9.17, 15) is 17.6 Å². The number of carbonyl (C=O) groups is 1. The van der Waals surface area contributed by atoms with Crippen molar-refractivity contribution in [3.8, 4) is 11.5 Å². The van der Waals surface area contributed by atoms with Gasteiger partial charge in [0.05, 0.1) is 23.7 Å². The summed E-state index contributed by atoms with van der Waals surface area (Å²) in [5.74, 6) is -0.135. The smallest absolute Gasteiger partial charge is 0.265 e. The minimum absolute atomic E-state index is 0.0184. The summed E-state index contributed by atoms with van der Waals surface area (Å²) < 4.78 is 54.1. The Bertz CT molecular complexity index is 1320. The van der Waals surface area contributed by atoms with E-state index in [1.807, 2.05) is 30.3 Å². The number of hydrogen-bond donors (Lipinski definition) is 2. The number of rotatable bonds is 9. The van der Waals surface area contributed by atoms with Gasteiger partial charge in [-0.1, -0.05) is 30.3 Å². The molecular formula is C27H27FN2O6S. The van der Waals surface area contributed by atoms with E-state index in [2.05, 4.69) is 10.2 Å². The summed E-state index contributed by atoms with van der Waals surface area (Å²) in [6.07, 6.45) is 1.51.